The summed E-state index contributed by atoms with van der Waals surface area (Å²) in [7, 11) is 0. The van der Waals surface area contributed by atoms with Gasteiger partial charge in [-0.3, -0.25) is 9.69 Å². The van der Waals surface area contributed by atoms with E-state index in [1.54, 1.807) is 0 Å². The lowest BCUT2D eigenvalue weighted by Crippen LogP contribution is -2.46. The van der Waals surface area contributed by atoms with E-state index < -0.39 is 0 Å². The zero-order chi connectivity index (χ0) is 15.4. The van der Waals surface area contributed by atoms with Crippen LogP contribution in [0.25, 0.3) is 0 Å². The van der Waals surface area contributed by atoms with Gasteiger partial charge in [0.05, 0.1) is 13.2 Å². The van der Waals surface area contributed by atoms with E-state index >= 15 is 0 Å². The van der Waals surface area contributed by atoms with Crippen LogP contribution in [-0.2, 0) is 11.2 Å². The molecule has 0 spiro atoms. The van der Waals surface area contributed by atoms with E-state index in [-0.39, 0.29) is 36.8 Å². The molecule has 5 nitrogen and oxygen atoms in total. The number of anilines is 1. The summed E-state index contributed by atoms with van der Waals surface area (Å²) in [5.74, 6) is 0.0429. The van der Waals surface area contributed by atoms with Gasteiger partial charge in [0.2, 0.25) is 0 Å². The van der Waals surface area contributed by atoms with Gasteiger partial charge < -0.3 is 15.4 Å². The van der Waals surface area contributed by atoms with E-state index in [4.69, 9.17) is 4.74 Å². The van der Waals surface area contributed by atoms with Crippen LogP contribution in [0.5, 0.6) is 0 Å². The number of halogens is 2. The van der Waals surface area contributed by atoms with Crippen LogP contribution in [0.3, 0.4) is 0 Å². The standard InChI is InChI=1S/C17H25N3O2.2ClH/c1-13(12-20-8-10-22-11-9-20)19-17(21)15-4-2-6-16-14(15)5-3-7-18-16;;/h2,4,6,13,18H,3,5,7-12H2,1H3,(H,19,21);2*1H. The Bertz CT molecular complexity index is 537. The number of benzene rings is 1. The summed E-state index contributed by atoms with van der Waals surface area (Å²) in [6.07, 6.45) is 2.06. The largest absolute Gasteiger partial charge is 0.385 e. The maximum Gasteiger partial charge on any atom is 0.251 e. The molecule has 136 valence electrons. The van der Waals surface area contributed by atoms with Gasteiger partial charge in [0, 0.05) is 43.5 Å². The third-order valence-corrected chi connectivity index (χ3v) is 4.35. The maximum atomic E-state index is 12.6. The Morgan fingerprint density at radius 1 is 1.33 bits per heavy atom. The predicted molar refractivity (Wildman–Crippen MR) is 102 cm³/mol. The third-order valence-electron chi connectivity index (χ3n) is 4.35. The molecule has 1 aromatic carbocycles. The lowest BCUT2D eigenvalue weighted by molar-refractivity contribution is 0.0342. The van der Waals surface area contributed by atoms with Gasteiger partial charge in [-0.2, -0.15) is 0 Å². The molecule has 0 aliphatic carbocycles. The smallest absolute Gasteiger partial charge is 0.251 e. The van der Waals surface area contributed by atoms with Gasteiger partial charge in [0.25, 0.3) is 5.91 Å². The zero-order valence-corrected chi connectivity index (χ0v) is 15.7. The molecule has 2 aliphatic rings. The van der Waals surface area contributed by atoms with Crippen molar-refractivity contribution in [2.75, 3.05) is 44.7 Å². The fraction of sp³-hybridized carbons (Fsp3) is 0.588. The molecular formula is C17H27Cl2N3O2. The second kappa shape index (κ2) is 10.1. The van der Waals surface area contributed by atoms with Gasteiger partial charge in [0.1, 0.15) is 0 Å². The van der Waals surface area contributed by atoms with E-state index in [2.05, 4.69) is 28.5 Å². The minimum Gasteiger partial charge on any atom is -0.385 e. The normalized spacial score (nSPS) is 18.2. The molecule has 3 rings (SSSR count). The minimum atomic E-state index is 0. The number of hydrogen-bond donors (Lipinski definition) is 2. The molecule has 1 aromatic rings. The summed E-state index contributed by atoms with van der Waals surface area (Å²) < 4.78 is 5.36. The molecule has 0 bridgehead atoms. The molecule has 1 fully saturated rings. The fourth-order valence-electron chi connectivity index (χ4n) is 3.24. The molecule has 2 N–H and O–H groups in total. The Kier molecular flexibility index (Phi) is 8.84. The van der Waals surface area contributed by atoms with Crippen molar-refractivity contribution in [2.45, 2.75) is 25.8 Å². The number of amides is 1. The van der Waals surface area contributed by atoms with Crippen LogP contribution in [0.15, 0.2) is 18.2 Å². The summed E-state index contributed by atoms with van der Waals surface area (Å²) in [6.45, 7) is 7.42. The number of fused-ring (bicyclic) bond motifs is 1. The molecule has 2 heterocycles. The van der Waals surface area contributed by atoms with Gasteiger partial charge in [-0.25, -0.2) is 0 Å². The van der Waals surface area contributed by atoms with E-state index in [0.717, 1.165) is 69.0 Å². The zero-order valence-electron chi connectivity index (χ0n) is 14.0. The number of morpholine rings is 1. The maximum absolute atomic E-state index is 12.6. The van der Waals surface area contributed by atoms with E-state index in [9.17, 15) is 4.79 Å². The average molecular weight is 376 g/mol. The number of rotatable bonds is 4. The fourth-order valence-corrected chi connectivity index (χ4v) is 3.24. The third kappa shape index (κ3) is 5.24. The van der Waals surface area contributed by atoms with Crippen molar-refractivity contribution < 1.29 is 9.53 Å². The van der Waals surface area contributed by atoms with Gasteiger partial charge >= 0.3 is 0 Å². The number of carbonyl (C=O) groups excluding carboxylic acids is 1. The number of nitrogens with one attached hydrogen (secondary N) is 2. The summed E-state index contributed by atoms with van der Waals surface area (Å²) in [5, 5.41) is 6.52. The van der Waals surface area contributed by atoms with Crippen LogP contribution in [0.1, 0.15) is 29.3 Å². The first kappa shape index (κ1) is 21.0. The Morgan fingerprint density at radius 2 is 2.08 bits per heavy atom. The predicted octanol–water partition coefficient (Wildman–Crippen LogP) is 2.34. The first-order valence-corrected chi connectivity index (χ1v) is 8.21. The molecule has 24 heavy (non-hydrogen) atoms. The number of ether oxygens (including phenoxy) is 1. The highest BCUT2D eigenvalue weighted by Gasteiger charge is 2.20. The van der Waals surface area contributed by atoms with Crippen molar-refractivity contribution in [2.24, 2.45) is 0 Å². The number of carbonyl (C=O) groups is 1. The van der Waals surface area contributed by atoms with Crippen LogP contribution < -0.4 is 10.6 Å². The number of hydrogen-bond acceptors (Lipinski definition) is 4. The quantitative estimate of drug-likeness (QED) is 0.847. The van der Waals surface area contributed by atoms with Crippen LogP contribution in [0.4, 0.5) is 5.69 Å². The van der Waals surface area contributed by atoms with Crippen LogP contribution in [0.2, 0.25) is 0 Å². The highest BCUT2D eigenvalue weighted by atomic mass is 35.5. The molecule has 1 amide bonds. The first-order chi connectivity index (χ1) is 10.7. The van der Waals surface area contributed by atoms with Crippen LogP contribution in [0, 0.1) is 0 Å². The van der Waals surface area contributed by atoms with Crippen molar-refractivity contribution in [1.82, 2.24) is 10.2 Å². The Hall–Kier alpha value is -1.01. The van der Waals surface area contributed by atoms with E-state index in [0.29, 0.717) is 0 Å². The topological polar surface area (TPSA) is 53.6 Å². The lowest BCUT2D eigenvalue weighted by atomic mass is 9.97. The van der Waals surface area contributed by atoms with Crippen LogP contribution in [-0.4, -0.2) is 56.2 Å². The average Bonchev–Trinajstić information content (AvgIpc) is 2.55. The van der Waals surface area contributed by atoms with E-state index in [1.165, 1.54) is 0 Å². The van der Waals surface area contributed by atoms with Crippen molar-refractivity contribution in [3.8, 4) is 0 Å². The summed E-state index contributed by atoms with van der Waals surface area (Å²) in [5.41, 5.74) is 3.09. The number of nitrogens with zero attached hydrogens (tertiary/aromatic N) is 1. The Morgan fingerprint density at radius 3 is 2.83 bits per heavy atom. The highest BCUT2D eigenvalue weighted by molar-refractivity contribution is 5.97. The first-order valence-electron chi connectivity index (χ1n) is 8.21. The Labute approximate surface area is 156 Å². The van der Waals surface area contributed by atoms with Crippen molar-refractivity contribution in [3.05, 3.63) is 29.3 Å². The summed E-state index contributed by atoms with van der Waals surface area (Å²) in [4.78, 5) is 14.9. The van der Waals surface area contributed by atoms with Gasteiger partial charge in [-0.1, -0.05) is 6.07 Å². The van der Waals surface area contributed by atoms with Gasteiger partial charge in [0.15, 0.2) is 0 Å². The van der Waals surface area contributed by atoms with E-state index in [1.807, 2.05) is 12.1 Å². The summed E-state index contributed by atoms with van der Waals surface area (Å²) in [6, 6.07) is 6.09. The molecular weight excluding hydrogens is 349 g/mol. The lowest BCUT2D eigenvalue weighted by Gasteiger charge is -2.29. The molecule has 0 radical (unpaired) electrons. The summed E-state index contributed by atoms with van der Waals surface area (Å²) >= 11 is 0. The molecule has 0 aromatic heterocycles. The van der Waals surface area contributed by atoms with Gasteiger partial charge in [-0.05, 0) is 37.5 Å². The molecule has 1 unspecified atom stereocenters. The van der Waals surface area contributed by atoms with Crippen LogP contribution >= 0.6 is 24.8 Å². The molecule has 1 saturated heterocycles. The SMILES string of the molecule is CC(CN1CCOCC1)NC(=O)c1cccc2c1CCCN2.Cl.Cl. The molecule has 0 saturated carbocycles. The highest BCUT2D eigenvalue weighted by Crippen LogP contribution is 2.25. The van der Waals surface area contributed by atoms with Crippen molar-refractivity contribution >= 4 is 36.4 Å². The molecule has 2 aliphatic heterocycles. The Balaban J connectivity index is 0.00000144. The monoisotopic (exact) mass is 375 g/mol. The van der Waals surface area contributed by atoms with Crippen molar-refractivity contribution in [1.29, 1.82) is 0 Å². The second-order valence-electron chi connectivity index (χ2n) is 6.15. The second-order valence-corrected chi connectivity index (χ2v) is 6.15. The van der Waals surface area contributed by atoms with Gasteiger partial charge in [-0.15, -0.1) is 24.8 Å². The minimum absolute atomic E-state index is 0. The molecule has 7 heteroatoms. The van der Waals surface area contributed by atoms with Crippen molar-refractivity contribution in [3.63, 3.8) is 0 Å². The molecule has 1 atom stereocenters.